The molecule has 26 heavy (non-hydrogen) atoms. The lowest BCUT2D eigenvalue weighted by molar-refractivity contribution is 1.24. The van der Waals surface area contributed by atoms with Crippen LogP contribution in [0.3, 0.4) is 0 Å². The summed E-state index contributed by atoms with van der Waals surface area (Å²) < 4.78 is 1.22. The maximum absolute atomic E-state index is 6.18. The van der Waals surface area contributed by atoms with Gasteiger partial charge >= 0.3 is 0 Å². The summed E-state index contributed by atoms with van der Waals surface area (Å²) in [5, 5.41) is 3.00. The minimum atomic E-state index is 0.684. The molecule has 0 saturated carbocycles. The van der Waals surface area contributed by atoms with E-state index in [-0.39, 0.29) is 0 Å². The van der Waals surface area contributed by atoms with Crippen molar-refractivity contribution in [3.63, 3.8) is 0 Å². The second kappa shape index (κ2) is 6.20. The Kier molecular flexibility index (Phi) is 3.70. The Labute approximate surface area is 159 Å². The molecule has 2 nitrogen and oxygen atoms in total. The summed E-state index contributed by atoms with van der Waals surface area (Å²) in [5.41, 5.74) is 2.98. The molecule has 0 spiro atoms. The number of thiophene rings is 1. The molecule has 0 fully saturated rings. The van der Waals surface area contributed by atoms with Crippen molar-refractivity contribution < 1.29 is 0 Å². The van der Waals surface area contributed by atoms with Crippen LogP contribution in [-0.4, -0.2) is 9.97 Å². The van der Waals surface area contributed by atoms with Gasteiger partial charge < -0.3 is 0 Å². The maximum Gasteiger partial charge on any atom is 0.161 e. The van der Waals surface area contributed by atoms with Gasteiger partial charge in [-0.15, -0.1) is 11.3 Å². The van der Waals surface area contributed by atoms with Gasteiger partial charge in [-0.1, -0.05) is 72.3 Å². The van der Waals surface area contributed by atoms with E-state index in [9.17, 15) is 0 Å². The van der Waals surface area contributed by atoms with E-state index < -0.39 is 0 Å². The van der Waals surface area contributed by atoms with Gasteiger partial charge in [0.05, 0.1) is 5.69 Å². The Morgan fingerprint density at radius 1 is 0.731 bits per heavy atom. The molecule has 0 N–H and O–H groups in total. The molecular weight excluding hydrogens is 360 g/mol. The summed E-state index contributed by atoms with van der Waals surface area (Å²) >= 11 is 7.88. The normalized spacial score (nSPS) is 11.3. The third-order valence-electron chi connectivity index (χ3n) is 4.37. The molecule has 0 aliphatic rings. The number of hydrogen-bond acceptors (Lipinski definition) is 3. The highest BCUT2D eigenvalue weighted by Gasteiger charge is 2.16. The fourth-order valence-corrected chi connectivity index (χ4v) is 4.45. The average Bonchev–Trinajstić information content (AvgIpc) is 3.06. The Morgan fingerprint density at radius 3 is 2.35 bits per heavy atom. The van der Waals surface area contributed by atoms with Crippen LogP contribution in [0.4, 0.5) is 0 Å². The van der Waals surface area contributed by atoms with E-state index in [0.29, 0.717) is 10.8 Å². The number of benzene rings is 3. The van der Waals surface area contributed by atoms with Crippen LogP contribution in [0.5, 0.6) is 0 Å². The second-order valence-corrected chi connectivity index (χ2v) is 7.52. The lowest BCUT2D eigenvalue weighted by Crippen LogP contribution is -1.93. The molecular formula is C22H13ClN2S. The summed E-state index contributed by atoms with van der Waals surface area (Å²) in [7, 11) is 0. The number of aromatic nitrogens is 2. The zero-order valence-corrected chi connectivity index (χ0v) is 15.3. The minimum Gasteiger partial charge on any atom is -0.227 e. The van der Waals surface area contributed by atoms with Crippen molar-refractivity contribution in [1.29, 1.82) is 0 Å². The Bertz CT molecular complexity index is 1250. The first-order chi connectivity index (χ1) is 12.8. The van der Waals surface area contributed by atoms with Crippen LogP contribution in [0.1, 0.15) is 0 Å². The predicted octanol–water partition coefficient (Wildman–Crippen LogP) is 6.83. The largest absolute Gasteiger partial charge is 0.227 e. The molecule has 5 rings (SSSR count). The fourth-order valence-electron chi connectivity index (χ4n) is 3.18. The quantitative estimate of drug-likeness (QED) is 0.339. The van der Waals surface area contributed by atoms with Crippen LogP contribution >= 0.6 is 22.9 Å². The Balaban J connectivity index is 1.89. The van der Waals surface area contributed by atoms with Gasteiger partial charge in [-0.3, -0.25) is 0 Å². The van der Waals surface area contributed by atoms with Crippen LogP contribution < -0.4 is 0 Å². The molecule has 0 atom stereocenters. The van der Waals surface area contributed by atoms with Crippen LogP contribution in [0.25, 0.3) is 42.9 Å². The van der Waals surface area contributed by atoms with Gasteiger partial charge in [0, 0.05) is 31.6 Å². The molecule has 0 radical (unpaired) electrons. The predicted molar refractivity (Wildman–Crippen MR) is 111 cm³/mol. The standard InChI is InChI=1S/C22H13ClN2S/c23-16-10-6-9-15(13-16)21-24-20(14-7-2-1-3-8-14)19-17-11-4-5-12-18(17)26-22(19)25-21/h1-13H. The van der Waals surface area contributed by atoms with E-state index in [2.05, 4.69) is 36.4 Å². The molecule has 5 aromatic rings. The number of halogens is 1. The van der Waals surface area contributed by atoms with E-state index in [4.69, 9.17) is 21.6 Å². The molecule has 0 bridgehead atoms. The zero-order chi connectivity index (χ0) is 17.5. The zero-order valence-electron chi connectivity index (χ0n) is 13.7. The molecule has 0 amide bonds. The molecule has 0 saturated heterocycles. The van der Waals surface area contributed by atoms with Crippen molar-refractivity contribution in [3.8, 4) is 22.6 Å². The summed E-state index contributed by atoms with van der Waals surface area (Å²) in [6.45, 7) is 0. The SMILES string of the molecule is Clc1cccc(-c2nc(-c3ccccc3)c3c(n2)sc2ccccc23)c1. The van der Waals surface area contributed by atoms with Crippen LogP contribution in [-0.2, 0) is 0 Å². The first kappa shape index (κ1) is 15.5. The number of nitrogens with zero attached hydrogens (tertiary/aromatic N) is 2. The molecule has 2 aromatic heterocycles. The highest BCUT2D eigenvalue weighted by Crippen LogP contribution is 2.39. The third kappa shape index (κ3) is 2.57. The lowest BCUT2D eigenvalue weighted by atomic mass is 10.1. The van der Waals surface area contributed by atoms with E-state index in [0.717, 1.165) is 27.0 Å². The van der Waals surface area contributed by atoms with Crippen molar-refractivity contribution >= 4 is 43.2 Å². The summed E-state index contributed by atoms with van der Waals surface area (Å²) in [5.74, 6) is 0.699. The van der Waals surface area contributed by atoms with Gasteiger partial charge in [-0.25, -0.2) is 9.97 Å². The van der Waals surface area contributed by atoms with Gasteiger partial charge in [-0.2, -0.15) is 0 Å². The second-order valence-electron chi connectivity index (χ2n) is 6.05. The highest BCUT2D eigenvalue weighted by atomic mass is 35.5. The minimum absolute atomic E-state index is 0.684. The van der Waals surface area contributed by atoms with Gasteiger partial charge in [0.15, 0.2) is 5.82 Å². The highest BCUT2D eigenvalue weighted by molar-refractivity contribution is 7.25. The smallest absolute Gasteiger partial charge is 0.161 e. The monoisotopic (exact) mass is 372 g/mol. The van der Waals surface area contributed by atoms with Crippen LogP contribution in [0.15, 0.2) is 78.9 Å². The molecule has 4 heteroatoms. The maximum atomic E-state index is 6.18. The van der Waals surface area contributed by atoms with Gasteiger partial charge in [0.1, 0.15) is 4.83 Å². The van der Waals surface area contributed by atoms with Crippen molar-refractivity contribution in [1.82, 2.24) is 9.97 Å². The van der Waals surface area contributed by atoms with Gasteiger partial charge in [-0.05, 0) is 18.2 Å². The molecule has 3 aromatic carbocycles. The number of rotatable bonds is 2. The van der Waals surface area contributed by atoms with Crippen molar-refractivity contribution in [2.24, 2.45) is 0 Å². The Hall–Kier alpha value is -2.75. The molecule has 2 heterocycles. The first-order valence-corrected chi connectivity index (χ1v) is 9.50. The summed E-state index contributed by atoms with van der Waals surface area (Å²) in [6, 6.07) is 26.4. The van der Waals surface area contributed by atoms with Crippen LogP contribution in [0.2, 0.25) is 5.02 Å². The van der Waals surface area contributed by atoms with Gasteiger partial charge in [0.2, 0.25) is 0 Å². The van der Waals surface area contributed by atoms with Crippen molar-refractivity contribution in [3.05, 3.63) is 83.9 Å². The number of hydrogen-bond donors (Lipinski definition) is 0. The van der Waals surface area contributed by atoms with E-state index in [1.807, 2.05) is 42.5 Å². The molecule has 0 unspecified atom stereocenters. The molecule has 0 aliphatic carbocycles. The fraction of sp³-hybridized carbons (Fsp3) is 0. The lowest BCUT2D eigenvalue weighted by Gasteiger charge is -2.07. The third-order valence-corrected chi connectivity index (χ3v) is 5.67. The Morgan fingerprint density at radius 2 is 1.50 bits per heavy atom. The number of fused-ring (bicyclic) bond motifs is 3. The summed E-state index contributed by atoms with van der Waals surface area (Å²) in [4.78, 5) is 10.8. The van der Waals surface area contributed by atoms with Gasteiger partial charge in [0.25, 0.3) is 0 Å². The van der Waals surface area contributed by atoms with Crippen molar-refractivity contribution in [2.75, 3.05) is 0 Å². The molecule has 0 aliphatic heterocycles. The van der Waals surface area contributed by atoms with E-state index in [1.165, 1.54) is 10.1 Å². The van der Waals surface area contributed by atoms with Crippen LogP contribution in [0, 0.1) is 0 Å². The molecule has 124 valence electrons. The van der Waals surface area contributed by atoms with Crippen molar-refractivity contribution in [2.45, 2.75) is 0 Å². The van der Waals surface area contributed by atoms with E-state index >= 15 is 0 Å². The topological polar surface area (TPSA) is 25.8 Å². The average molecular weight is 373 g/mol. The first-order valence-electron chi connectivity index (χ1n) is 8.30. The van der Waals surface area contributed by atoms with E-state index in [1.54, 1.807) is 11.3 Å². The summed E-state index contributed by atoms with van der Waals surface area (Å²) in [6.07, 6.45) is 0.